The summed E-state index contributed by atoms with van der Waals surface area (Å²) in [6.07, 6.45) is 1.49. The zero-order valence-corrected chi connectivity index (χ0v) is 15.4. The lowest BCUT2D eigenvalue weighted by atomic mass is 10.0. The minimum Gasteiger partial charge on any atom is -0.325 e. The maximum Gasteiger partial charge on any atom is 0.254 e. The molecule has 138 valence electrons. The van der Waals surface area contributed by atoms with E-state index in [4.69, 9.17) is 0 Å². The Balaban J connectivity index is 1.71. The fourth-order valence-corrected chi connectivity index (χ4v) is 3.99. The first-order valence-electron chi connectivity index (χ1n) is 9.37. The Bertz CT molecular complexity index is 907. The van der Waals surface area contributed by atoms with Crippen molar-refractivity contribution < 1.29 is 14.4 Å². The highest BCUT2D eigenvalue weighted by Gasteiger charge is 2.39. The highest BCUT2D eigenvalue weighted by atomic mass is 16.2. The number of carbonyl (C=O) groups excluding carboxylic acids is 3. The summed E-state index contributed by atoms with van der Waals surface area (Å²) in [5.74, 6) is -0.149. The molecule has 0 aromatic heterocycles. The fraction of sp³-hybridized carbons (Fsp3) is 0.318. The second-order valence-electron chi connectivity index (χ2n) is 7.21. The highest BCUT2D eigenvalue weighted by Crippen LogP contribution is 2.31. The second-order valence-corrected chi connectivity index (χ2v) is 7.21. The molecule has 2 aromatic carbocycles. The zero-order valence-electron chi connectivity index (χ0n) is 15.4. The number of anilines is 1. The molecule has 2 aromatic rings. The summed E-state index contributed by atoms with van der Waals surface area (Å²) in [7, 11) is 0. The smallest absolute Gasteiger partial charge is 0.254 e. The fourth-order valence-electron chi connectivity index (χ4n) is 3.99. The minimum absolute atomic E-state index is 0.0648. The van der Waals surface area contributed by atoms with Crippen LogP contribution in [0.4, 0.5) is 5.69 Å². The van der Waals surface area contributed by atoms with E-state index in [1.165, 1.54) is 0 Å². The van der Waals surface area contributed by atoms with Gasteiger partial charge in [0, 0.05) is 30.6 Å². The van der Waals surface area contributed by atoms with Gasteiger partial charge in [-0.1, -0.05) is 29.8 Å². The Kier molecular flexibility index (Phi) is 4.52. The topological polar surface area (TPSA) is 57.7 Å². The third-order valence-electron chi connectivity index (χ3n) is 5.40. The Morgan fingerprint density at radius 2 is 1.81 bits per heavy atom. The monoisotopic (exact) mass is 362 g/mol. The number of carbonyl (C=O) groups is 3. The number of ketones is 1. The number of aryl methyl sites for hydroxylation is 1. The summed E-state index contributed by atoms with van der Waals surface area (Å²) in [4.78, 5) is 42.3. The van der Waals surface area contributed by atoms with E-state index in [9.17, 15) is 14.4 Å². The van der Waals surface area contributed by atoms with Crippen LogP contribution in [-0.2, 0) is 4.79 Å². The normalized spacial score (nSPS) is 19.8. The number of nitrogens with zero attached hydrogens (tertiary/aromatic N) is 2. The molecule has 2 aliphatic rings. The lowest BCUT2D eigenvalue weighted by Gasteiger charge is -2.40. The molecule has 1 fully saturated rings. The SMILES string of the molecule is Cc1ccc2c(c1)C(=O)CCC[C@H]1C(=O)N2CCN1C(=O)c1ccccc1. The van der Waals surface area contributed by atoms with Crippen LogP contribution in [0.25, 0.3) is 0 Å². The van der Waals surface area contributed by atoms with Crippen LogP contribution < -0.4 is 4.90 Å². The van der Waals surface area contributed by atoms with E-state index in [1.54, 1.807) is 21.9 Å². The third-order valence-corrected chi connectivity index (χ3v) is 5.40. The number of amides is 2. The van der Waals surface area contributed by atoms with Gasteiger partial charge in [0.2, 0.25) is 5.91 Å². The molecule has 2 heterocycles. The molecule has 4 rings (SSSR count). The van der Waals surface area contributed by atoms with Crippen LogP contribution in [0.2, 0.25) is 0 Å². The van der Waals surface area contributed by atoms with Gasteiger partial charge in [-0.25, -0.2) is 0 Å². The lowest BCUT2D eigenvalue weighted by Crippen LogP contribution is -2.59. The van der Waals surface area contributed by atoms with Crippen molar-refractivity contribution in [3.05, 3.63) is 65.2 Å². The second kappa shape index (κ2) is 6.99. The molecule has 0 aliphatic carbocycles. The molecule has 2 bridgehead atoms. The number of hydrogen-bond acceptors (Lipinski definition) is 3. The van der Waals surface area contributed by atoms with Crippen LogP contribution in [0, 0.1) is 6.92 Å². The van der Waals surface area contributed by atoms with Gasteiger partial charge in [0.15, 0.2) is 5.78 Å². The Hall–Kier alpha value is -2.95. The van der Waals surface area contributed by atoms with Crippen molar-refractivity contribution in [2.24, 2.45) is 0 Å². The van der Waals surface area contributed by atoms with E-state index >= 15 is 0 Å². The summed E-state index contributed by atoms with van der Waals surface area (Å²) in [5, 5.41) is 0. The van der Waals surface area contributed by atoms with Crippen molar-refractivity contribution in [1.29, 1.82) is 0 Å². The molecule has 5 heteroatoms. The lowest BCUT2D eigenvalue weighted by molar-refractivity contribution is -0.125. The molecule has 27 heavy (non-hydrogen) atoms. The number of fused-ring (bicyclic) bond motifs is 4. The summed E-state index contributed by atoms with van der Waals surface area (Å²) >= 11 is 0. The molecule has 5 nitrogen and oxygen atoms in total. The van der Waals surface area contributed by atoms with Gasteiger partial charge in [-0.05, 0) is 44.0 Å². The Morgan fingerprint density at radius 3 is 2.59 bits per heavy atom. The van der Waals surface area contributed by atoms with E-state index in [1.807, 2.05) is 43.3 Å². The summed E-state index contributed by atoms with van der Waals surface area (Å²) < 4.78 is 0. The van der Waals surface area contributed by atoms with Crippen molar-refractivity contribution in [3.8, 4) is 0 Å². The molecule has 0 radical (unpaired) electrons. The first-order valence-corrected chi connectivity index (χ1v) is 9.37. The van der Waals surface area contributed by atoms with Crippen molar-refractivity contribution in [2.75, 3.05) is 18.0 Å². The number of piperazine rings is 1. The molecule has 0 unspecified atom stereocenters. The van der Waals surface area contributed by atoms with Gasteiger partial charge in [0.05, 0.1) is 5.69 Å². The van der Waals surface area contributed by atoms with Crippen molar-refractivity contribution in [1.82, 2.24) is 4.90 Å². The van der Waals surface area contributed by atoms with Crippen LogP contribution in [0.3, 0.4) is 0 Å². The third kappa shape index (κ3) is 3.14. The van der Waals surface area contributed by atoms with Gasteiger partial charge >= 0.3 is 0 Å². The van der Waals surface area contributed by atoms with E-state index in [0.717, 1.165) is 5.56 Å². The van der Waals surface area contributed by atoms with Crippen LogP contribution in [-0.4, -0.2) is 41.6 Å². The zero-order chi connectivity index (χ0) is 19.0. The van der Waals surface area contributed by atoms with Gasteiger partial charge in [0.1, 0.15) is 6.04 Å². The van der Waals surface area contributed by atoms with E-state index in [-0.39, 0.29) is 17.6 Å². The minimum atomic E-state index is -0.522. The molecule has 2 aliphatic heterocycles. The number of rotatable bonds is 1. The van der Waals surface area contributed by atoms with Gasteiger partial charge in [0.25, 0.3) is 5.91 Å². The first-order chi connectivity index (χ1) is 13.1. The van der Waals surface area contributed by atoms with E-state index in [2.05, 4.69) is 0 Å². The van der Waals surface area contributed by atoms with Crippen LogP contribution >= 0.6 is 0 Å². The highest BCUT2D eigenvalue weighted by molar-refractivity contribution is 6.09. The van der Waals surface area contributed by atoms with Gasteiger partial charge in [-0.3, -0.25) is 14.4 Å². The van der Waals surface area contributed by atoms with Gasteiger partial charge in [-0.2, -0.15) is 0 Å². The number of Topliss-reactive ketones (excluding diaryl/α,β-unsaturated/α-hetero) is 1. The average Bonchev–Trinajstić information content (AvgIpc) is 2.71. The van der Waals surface area contributed by atoms with Crippen LogP contribution in [0.5, 0.6) is 0 Å². The van der Waals surface area contributed by atoms with Crippen LogP contribution in [0.15, 0.2) is 48.5 Å². The molecule has 0 N–H and O–H groups in total. The Labute approximate surface area is 158 Å². The summed E-state index contributed by atoms with van der Waals surface area (Å²) in [6.45, 7) is 2.81. The van der Waals surface area contributed by atoms with Crippen molar-refractivity contribution in [2.45, 2.75) is 32.2 Å². The maximum atomic E-state index is 13.3. The van der Waals surface area contributed by atoms with E-state index in [0.29, 0.717) is 49.2 Å². The predicted molar refractivity (Wildman–Crippen MR) is 103 cm³/mol. The number of hydrogen-bond donors (Lipinski definition) is 0. The van der Waals surface area contributed by atoms with Crippen molar-refractivity contribution >= 4 is 23.3 Å². The maximum absolute atomic E-state index is 13.3. The number of benzene rings is 2. The molecular weight excluding hydrogens is 340 g/mol. The predicted octanol–water partition coefficient (Wildman–Crippen LogP) is 3.22. The molecule has 0 spiro atoms. The average molecular weight is 362 g/mol. The molecule has 1 atom stereocenters. The molecule has 0 saturated carbocycles. The summed E-state index contributed by atoms with van der Waals surface area (Å²) in [6, 6.07) is 14.2. The van der Waals surface area contributed by atoms with Crippen LogP contribution in [0.1, 0.15) is 45.5 Å². The van der Waals surface area contributed by atoms with Gasteiger partial charge < -0.3 is 9.80 Å². The Morgan fingerprint density at radius 1 is 1.04 bits per heavy atom. The first kappa shape index (κ1) is 17.5. The standard InChI is InChI=1S/C22H22N2O3/c1-15-10-11-18-17(14-15)20(25)9-5-8-19-22(27)23(18)12-13-24(19)21(26)16-6-3-2-4-7-16/h2-4,6-7,10-11,14,19H,5,8-9,12-13H2,1H3/t19-/m0/s1. The molecule has 2 amide bonds. The van der Waals surface area contributed by atoms with E-state index < -0.39 is 6.04 Å². The molecular formula is C22H22N2O3. The summed E-state index contributed by atoms with van der Waals surface area (Å²) in [5.41, 5.74) is 2.88. The van der Waals surface area contributed by atoms with Gasteiger partial charge in [-0.15, -0.1) is 0 Å². The molecule has 1 saturated heterocycles. The largest absolute Gasteiger partial charge is 0.325 e. The quantitative estimate of drug-likeness (QED) is 0.783. The van der Waals surface area contributed by atoms with Crippen molar-refractivity contribution in [3.63, 3.8) is 0 Å².